The number of nitrogens with one attached hydrogen (secondary N) is 1. The molecular formula is C13H22N4OS. The molecule has 2 heterocycles. The zero-order chi connectivity index (χ0) is 13.7. The van der Waals surface area contributed by atoms with Crippen molar-refractivity contribution in [3.05, 3.63) is 11.1 Å². The number of likely N-dealkylation sites (tertiary alicyclic amines) is 1. The number of thiazole rings is 1. The quantitative estimate of drug-likeness (QED) is 0.861. The molecule has 1 aliphatic heterocycles. The smallest absolute Gasteiger partial charge is 0.223 e. The van der Waals surface area contributed by atoms with Crippen molar-refractivity contribution >= 4 is 22.4 Å². The molecular weight excluding hydrogens is 260 g/mol. The molecule has 0 bridgehead atoms. The molecule has 1 aromatic rings. The summed E-state index contributed by atoms with van der Waals surface area (Å²) in [6.45, 7) is 5.40. The van der Waals surface area contributed by atoms with E-state index >= 15 is 0 Å². The maximum absolute atomic E-state index is 11.0. The molecule has 0 aliphatic carbocycles. The van der Waals surface area contributed by atoms with Crippen LogP contribution in [0.2, 0.25) is 0 Å². The predicted octanol–water partition coefficient (Wildman–Crippen LogP) is 1.66. The predicted molar refractivity (Wildman–Crippen MR) is 78.1 cm³/mol. The van der Waals surface area contributed by atoms with Crippen LogP contribution in [-0.4, -0.2) is 35.4 Å². The minimum absolute atomic E-state index is 0.0677. The van der Waals surface area contributed by atoms with Gasteiger partial charge in [0.25, 0.3) is 0 Å². The third-order valence-electron chi connectivity index (χ3n) is 3.40. The van der Waals surface area contributed by atoms with E-state index in [0.717, 1.165) is 44.2 Å². The third-order valence-corrected chi connectivity index (χ3v) is 4.20. The molecule has 1 fully saturated rings. The maximum atomic E-state index is 11.0. The first kappa shape index (κ1) is 14.4. The van der Waals surface area contributed by atoms with Crippen molar-refractivity contribution in [2.24, 2.45) is 11.7 Å². The Kier molecular flexibility index (Phi) is 5.30. The van der Waals surface area contributed by atoms with Gasteiger partial charge in [-0.3, -0.25) is 9.69 Å². The number of amides is 1. The summed E-state index contributed by atoms with van der Waals surface area (Å²) < 4.78 is 0. The molecule has 0 radical (unpaired) electrons. The van der Waals surface area contributed by atoms with Gasteiger partial charge < -0.3 is 11.1 Å². The Morgan fingerprint density at radius 1 is 1.68 bits per heavy atom. The summed E-state index contributed by atoms with van der Waals surface area (Å²) in [6, 6.07) is 0. The number of piperidine rings is 1. The zero-order valence-electron chi connectivity index (χ0n) is 11.4. The second kappa shape index (κ2) is 6.98. The number of carbonyl (C=O) groups is 1. The fourth-order valence-electron chi connectivity index (χ4n) is 2.58. The highest BCUT2D eigenvalue weighted by molar-refractivity contribution is 7.13. The first-order valence-electron chi connectivity index (χ1n) is 6.82. The zero-order valence-corrected chi connectivity index (χ0v) is 12.2. The van der Waals surface area contributed by atoms with Crippen LogP contribution in [0.3, 0.4) is 0 Å². The lowest BCUT2D eigenvalue weighted by molar-refractivity contribution is -0.114. The first-order valence-corrected chi connectivity index (χ1v) is 7.69. The van der Waals surface area contributed by atoms with Crippen LogP contribution in [0.25, 0.3) is 0 Å². The fourth-order valence-corrected chi connectivity index (χ4v) is 3.33. The highest BCUT2D eigenvalue weighted by Crippen LogP contribution is 2.22. The maximum Gasteiger partial charge on any atom is 0.223 e. The van der Waals surface area contributed by atoms with Crippen molar-refractivity contribution in [3.8, 4) is 0 Å². The van der Waals surface area contributed by atoms with E-state index in [1.165, 1.54) is 31.1 Å². The van der Waals surface area contributed by atoms with Crippen LogP contribution >= 0.6 is 11.3 Å². The lowest BCUT2D eigenvalue weighted by Crippen LogP contribution is -2.35. The van der Waals surface area contributed by atoms with Crippen LogP contribution in [0.15, 0.2) is 5.38 Å². The van der Waals surface area contributed by atoms with Gasteiger partial charge in [-0.05, 0) is 38.3 Å². The average Bonchev–Trinajstić information content (AvgIpc) is 2.76. The van der Waals surface area contributed by atoms with E-state index in [-0.39, 0.29) is 5.91 Å². The van der Waals surface area contributed by atoms with Gasteiger partial charge >= 0.3 is 0 Å². The highest BCUT2D eigenvalue weighted by atomic mass is 32.1. The number of hydrogen-bond donors (Lipinski definition) is 2. The van der Waals surface area contributed by atoms with Crippen molar-refractivity contribution < 1.29 is 4.79 Å². The summed E-state index contributed by atoms with van der Waals surface area (Å²) in [5.74, 6) is 0.661. The van der Waals surface area contributed by atoms with Crippen LogP contribution < -0.4 is 11.1 Å². The van der Waals surface area contributed by atoms with E-state index in [0.29, 0.717) is 5.13 Å². The Bertz CT molecular complexity index is 419. The van der Waals surface area contributed by atoms with E-state index in [1.807, 2.05) is 5.38 Å². The van der Waals surface area contributed by atoms with Gasteiger partial charge in [-0.25, -0.2) is 4.98 Å². The Hall–Kier alpha value is -0.980. The van der Waals surface area contributed by atoms with Crippen LogP contribution in [0, 0.1) is 5.92 Å². The van der Waals surface area contributed by atoms with Crippen molar-refractivity contribution in [3.63, 3.8) is 0 Å². The summed E-state index contributed by atoms with van der Waals surface area (Å²) in [6.07, 6.45) is 3.65. The molecule has 0 saturated carbocycles. The Balaban J connectivity index is 1.86. The number of rotatable bonds is 5. The number of nitrogens with zero attached hydrogens (tertiary/aromatic N) is 2. The molecule has 6 heteroatoms. The monoisotopic (exact) mass is 282 g/mol. The normalized spacial score (nSPS) is 20.4. The SMILES string of the molecule is CC(=O)Nc1nc(CN2CCCC(CCN)C2)cs1. The van der Waals surface area contributed by atoms with Gasteiger partial charge in [0.1, 0.15) is 0 Å². The van der Waals surface area contributed by atoms with E-state index in [4.69, 9.17) is 5.73 Å². The molecule has 1 atom stereocenters. The molecule has 1 aromatic heterocycles. The summed E-state index contributed by atoms with van der Waals surface area (Å²) >= 11 is 1.49. The number of nitrogens with two attached hydrogens (primary N) is 1. The van der Waals surface area contributed by atoms with Crippen molar-refractivity contribution in [1.29, 1.82) is 0 Å². The van der Waals surface area contributed by atoms with Crippen molar-refractivity contribution in [2.75, 3.05) is 25.0 Å². The molecule has 3 N–H and O–H groups in total. The summed E-state index contributed by atoms with van der Waals surface area (Å²) in [5, 5.41) is 5.44. The Labute approximate surface area is 118 Å². The molecule has 0 aromatic carbocycles. The van der Waals surface area contributed by atoms with Gasteiger partial charge in [-0.2, -0.15) is 0 Å². The minimum Gasteiger partial charge on any atom is -0.330 e. The van der Waals surface area contributed by atoms with Crippen molar-refractivity contribution in [1.82, 2.24) is 9.88 Å². The molecule has 2 rings (SSSR count). The number of hydrogen-bond acceptors (Lipinski definition) is 5. The number of aromatic nitrogens is 1. The van der Waals surface area contributed by atoms with Crippen LogP contribution in [0.4, 0.5) is 5.13 Å². The standard InChI is InChI=1S/C13H22N4OS/c1-10(18)15-13-16-12(9-19-13)8-17-6-2-3-11(7-17)4-5-14/h9,11H,2-8,14H2,1H3,(H,15,16,18). The Morgan fingerprint density at radius 3 is 3.26 bits per heavy atom. The third kappa shape index (κ3) is 4.56. The topological polar surface area (TPSA) is 71.2 Å². The second-order valence-corrected chi connectivity index (χ2v) is 6.00. The van der Waals surface area contributed by atoms with Gasteiger partial charge in [0.05, 0.1) is 5.69 Å². The van der Waals surface area contributed by atoms with E-state index in [9.17, 15) is 4.79 Å². The summed E-state index contributed by atoms with van der Waals surface area (Å²) in [4.78, 5) is 17.8. The molecule has 1 saturated heterocycles. The van der Waals surface area contributed by atoms with Gasteiger partial charge in [0.2, 0.25) is 5.91 Å². The molecule has 1 aliphatic rings. The number of anilines is 1. The highest BCUT2D eigenvalue weighted by Gasteiger charge is 2.20. The molecule has 1 unspecified atom stereocenters. The molecule has 5 nitrogen and oxygen atoms in total. The van der Waals surface area contributed by atoms with Gasteiger partial charge in [-0.15, -0.1) is 11.3 Å². The molecule has 19 heavy (non-hydrogen) atoms. The summed E-state index contributed by atoms with van der Waals surface area (Å²) in [7, 11) is 0. The fraction of sp³-hybridized carbons (Fsp3) is 0.692. The van der Waals surface area contributed by atoms with Gasteiger partial charge in [0.15, 0.2) is 5.13 Å². The Morgan fingerprint density at radius 2 is 2.53 bits per heavy atom. The minimum atomic E-state index is -0.0677. The van der Waals surface area contributed by atoms with Crippen LogP contribution in [0.1, 0.15) is 31.9 Å². The molecule has 106 valence electrons. The summed E-state index contributed by atoms with van der Waals surface area (Å²) in [5.41, 5.74) is 6.68. The van der Waals surface area contributed by atoms with E-state index in [2.05, 4.69) is 15.2 Å². The lowest BCUT2D eigenvalue weighted by Gasteiger charge is -2.32. The van der Waals surface area contributed by atoms with Crippen molar-refractivity contribution in [2.45, 2.75) is 32.7 Å². The molecule has 1 amide bonds. The second-order valence-electron chi connectivity index (χ2n) is 5.15. The largest absolute Gasteiger partial charge is 0.330 e. The van der Waals surface area contributed by atoms with Crippen LogP contribution in [0.5, 0.6) is 0 Å². The van der Waals surface area contributed by atoms with Crippen LogP contribution in [-0.2, 0) is 11.3 Å². The van der Waals surface area contributed by atoms with Gasteiger partial charge in [0, 0.05) is 25.4 Å². The average molecular weight is 282 g/mol. The lowest BCUT2D eigenvalue weighted by atomic mass is 9.95. The van der Waals surface area contributed by atoms with Gasteiger partial charge in [-0.1, -0.05) is 0 Å². The first-order chi connectivity index (χ1) is 9.17. The molecule has 0 spiro atoms. The van der Waals surface area contributed by atoms with E-state index < -0.39 is 0 Å². The number of carbonyl (C=O) groups excluding carboxylic acids is 1. The van der Waals surface area contributed by atoms with E-state index in [1.54, 1.807) is 0 Å².